The predicted octanol–water partition coefficient (Wildman–Crippen LogP) is 1.00. The SMILES string of the molecule is Nc1cc(F)ccc1C(=O)NCC1CN2CCCC2CO1. The van der Waals surface area contributed by atoms with Gasteiger partial charge in [-0.25, -0.2) is 4.39 Å². The molecule has 3 rings (SSSR count). The van der Waals surface area contributed by atoms with E-state index in [4.69, 9.17) is 10.5 Å². The number of carbonyl (C=O) groups is 1. The molecule has 0 aromatic heterocycles. The number of nitrogen functional groups attached to an aromatic ring is 1. The van der Waals surface area contributed by atoms with E-state index in [1.54, 1.807) is 0 Å². The van der Waals surface area contributed by atoms with Crippen molar-refractivity contribution in [3.8, 4) is 0 Å². The molecule has 1 amide bonds. The maximum atomic E-state index is 13.0. The molecule has 2 heterocycles. The number of nitrogens with zero attached hydrogens (tertiary/aromatic N) is 1. The number of ether oxygens (including phenoxy) is 1. The van der Waals surface area contributed by atoms with E-state index in [0.717, 1.165) is 25.8 Å². The lowest BCUT2D eigenvalue weighted by molar-refractivity contribution is -0.0461. The summed E-state index contributed by atoms with van der Waals surface area (Å²) in [5, 5.41) is 2.82. The molecule has 0 saturated carbocycles. The topological polar surface area (TPSA) is 67.6 Å². The van der Waals surface area contributed by atoms with E-state index in [0.29, 0.717) is 18.2 Å². The normalized spacial score (nSPS) is 25.6. The number of amides is 1. The largest absolute Gasteiger partial charge is 0.398 e. The van der Waals surface area contributed by atoms with Gasteiger partial charge in [-0.2, -0.15) is 0 Å². The average molecular weight is 293 g/mol. The van der Waals surface area contributed by atoms with Crippen LogP contribution in [0.25, 0.3) is 0 Å². The Bertz CT molecular complexity index is 538. The second-order valence-electron chi connectivity index (χ2n) is 5.69. The highest BCUT2D eigenvalue weighted by molar-refractivity contribution is 5.99. The molecular weight excluding hydrogens is 273 g/mol. The number of benzene rings is 1. The van der Waals surface area contributed by atoms with Crippen LogP contribution in [0.5, 0.6) is 0 Å². The van der Waals surface area contributed by atoms with Crippen LogP contribution >= 0.6 is 0 Å². The minimum absolute atomic E-state index is 0.00460. The minimum Gasteiger partial charge on any atom is -0.398 e. The third-order valence-corrected chi connectivity index (χ3v) is 4.21. The summed E-state index contributed by atoms with van der Waals surface area (Å²) in [7, 11) is 0. The Morgan fingerprint density at radius 1 is 1.52 bits per heavy atom. The first-order valence-electron chi connectivity index (χ1n) is 7.32. The molecule has 114 valence electrons. The summed E-state index contributed by atoms with van der Waals surface area (Å²) in [6.45, 7) is 3.14. The fourth-order valence-electron chi connectivity index (χ4n) is 3.05. The second-order valence-corrected chi connectivity index (χ2v) is 5.69. The van der Waals surface area contributed by atoms with Crippen molar-refractivity contribution in [3.05, 3.63) is 29.6 Å². The molecule has 2 fully saturated rings. The summed E-state index contributed by atoms with van der Waals surface area (Å²) < 4.78 is 18.8. The van der Waals surface area contributed by atoms with E-state index < -0.39 is 5.82 Å². The lowest BCUT2D eigenvalue weighted by Crippen LogP contribution is -2.50. The van der Waals surface area contributed by atoms with E-state index in [9.17, 15) is 9.18 Å². The van der Waals surface area contributed by atoms with Crippen LogP contribution in [-0.4, -0.2) is 49.2 Å². The van der Waals surface area contributed by atoms with E-state index in [1.165, 1.54) is 25.0 Å². The maximum Gasteiger partial charge on any atom is 0.253 e. The molecule has 2 saturated heterocycles. The summed E-state index contributed by atoms with van der Waals surface area (Å²) in [5.41, 5.74) is 6.11. The zero-order valence-electron chi connectivity index (χ0n) is 11.8. The van der Waals surface area contributed by atoms with Gasteiger partial charge in [0.25, 0.3) is 5.91 Å². The van der Waals surface area contributed by atoms with Crippen LogP contribution < -0.4 is 11.1 Å². The molecule has 5 nitrogen and oxygen atoms in total. The Hall–Kier alpha value is -1.66. The highest BCUT2D eigenvalue weighted by Crippen LogP contribution is 2.22. The summed E-state index contributed by atoms with van der Waals surface area (Å²) >= 11 is 0. The Morgan fingerprint density at radius 3 is 3.19 bits per heavy atom. The summed E-state index contributed by atoms with van der Waals surface area (Å²) in [4.78, 5) is 14.5. The van der Waals surface area contributed by atoms with Gasteiger partial charge in [-0.3, -0.25) is 9.69 Å². The number of fused-ring (bicyclic) bond motifs is 1. The van der Waals surface area contributed by atoms with Crippen molar-refractivity contribution < 1.29 is 13.9 Å². The maximum absolute atomic E-state index is 13.0. The Labute approximate surface area is 123 Å². The number of anilines is 1. The summed E-state index contributed by atoms with van der Waals surface area (Å²) in [6, 6.07) is 4.33. The molecule has 0 spiro atoms. The third-order valence-electron chi connectivity index (χ3n) is 4.21. The fraction of sp³-hybridized carbons (Fsp3) is 0.533. The number of nitrogens with one attached hydrogen (secondary N) is 1. The van der Waals surface area contributed by atoms with E-state index in [-0.39, 0.29) is 17.7 Å². The van der Waals surface area contributed by atoms with E-state index in [1.807, 2.05) is 0 Å². The molecule has 1 aromatic rings. The molecule has 2 atom stereocenters. The number of halogens is 1. The lowest BCUT2D eigenvalue weighted by Gasteiger charge is -2.35. The Balaban J connectivity index is 1.54. The highest BCUT2D eigenvalue weighted by Gasteiger charge is 2.32. The molecule has 0 bridgehead atoms. The summed E-state index contributed by atoms with van der Waals surface area (Å²) in [5.74, 6) is -0.737. The second kappa shape index (κ2) is 5.99. The number of hydrogen-bond acceptors (Lipinski definition) is 4. The molecule has 0 aliphatic carbocycles. The van der Waals surface area contributed by atoms with E-state index >= 15 is 0 Å². The van der Waals surface area contributed by atoms with Crippen LogP contribution in [0.2, 0.25) is 0 Å². The van der Waals surface area contributed by atoms with Crippen LogP contribution in [0.15, 0.2) is 18.2 Å². The standard InChI is InChI=1S/C15H20FN3O2/c16-10-3-4-13(14(17)6-10)15(20)18-7-12-8-19-5-1-2-11(19)9-21-12/h3-4,6,11-12H,1-2,5,7-9,17H2,(H,18,20). The van der Waals surface area contributed by atoms with Gasteiger partial charge in [0.05, 0.1) is 18.3 Å². The van der Waals surface area contributed by atoms with Crippen LogP contribution in [0, 0.1) is 5.82 Å². The van der Waals surface area contributed by atoms with Crippen molar-refractivity contribution in [2.45, 2.75) is 25.0 Å². The van der Waals surface area contributed by atoms with Gasteiger partial charge in [0, 0.05) is 24.8 Å². The van der Waals surface area contributed by atoms with Crippen molar-refractivity contribution >= 4 is 11.6 Å². The van der Waals surface area contributed by atoms with Gasteiger partial charge in [-0.05, 0) is 37.6 Å². The molecule has 2 aliphatic rings. The van der Waals surface area contributed by atoms with Crippen LogP contribution in [0.1, 0.15) is 23.2 Å². The van der Waals surface area contributed by atoms with Gasteiger partial charge in [0.15, 0.2) is 0 Å². The molecular formula is C15H20FN3O2. The zero-order valence-corrected chi connectivity index (χ0v) is 11.8. The van der Waals surface area contributed by atoms with Gasteiger partial charge < -0.3 is 15.8 Å². The molecule has 0 radical (unpaired) electrons. The van der Waals surface area contributed by atoms with Gasteiger partial charge in [-0.15, -0.1) is 0 Å². The highest BCUT2D eigenvalue weighted by atomic mass is 19.1. The number of carbonyl (C=O) groups excluding carboxylic acids is 1. The van der Waals surface area contributed by atoms with Gasteiger partial charge >= 0.3 is 0 Å². The lowest BCUT2D eigenvalue weighted by atomic mass is 10.1. The van der Waals surface area contributed by atoms with Crippen molar-refractivity contribution in [2.75, 3.05) is 32.0 Å². The molecule has 3 N–H and O–H groups in total. The molecule has 6 heteroatoms. The van der Waals surface area contributed by atoms with Gasteiger partial charge in [0.2, 0.25) is 0 Å². The Kier molecular flexibility index (Phi) is 4.07. The zero-order chi connectivity index (χ0) is 14.8. The van der Waals surface area contributed by atoms with Gasteiger partial charge in [0.1, 0.15) is 5.82 Å². The predicted molar refractivity (Wildman–Crippen MR) is 77.5 cm³/mol. The van der Waals surface area contributed by atoms with Crippen LogP contribution in [0.3, 0.4) is 0 Å². The molecule has 1 aromatic carbocycles. The average Bonchev–Trinajstić information content (AvgIpc) is 2.92. The first kappa shape index (κ1) is 14.3. The van der Waals surface area contributed by atoms with E-state index in [2.05, 4.69) is 10.2 Å². The minimum atomic E-state index is -0.445. The van der Waals surface area contributed by atoms with Crippen molar-refractivity contribution in [1.82, 2.24) is 10.2 Å². The smallest absolute Gasteiger partial charge is 0.253 e. The molecule has 2 aliphatic heterocycles. The van der Waals surface area contributed by atoms with Crippen molar-refractivity contribution in [2.24, 2.45) is 0 Å². The van der Waals surface area contributed by atoms with Crippen LogP contribution in [-0.2, 0) is 4.74 Å². The number of nitrogens with two attached hydrogens (primary N) is 1. The fourth-order valence-corrected chi connectivity index (χ4v) is 3.05. The van der Waals surface area contributed by atoms with Crippen molar-refractivity contribution in [3.63, 3.8) is 0 Å². The number of hydrogen-bond donors (Lipinski definition) is 2. The monoisotopic (exact) mass is 293 g/mol. The Morgan fingerprint density at radius 2 is 2.38 bits per heavy atom. The van der Waals surface area contributed by atoms with Gasteiger partial charge in [-0.1, -0.05) is 0 Å². The first-order valence-corrected chi connectivity index (χ1v) is 7.32. The van der Waals surface area contributed by atoms with Crippen molar-refractivity contribution in [1.29, 1.82) is 0 Å². The third kappa shape index (κ3) is 3.16. The first-order chi connectivity index (χ1) is 10.1. The molecule has 2 unspecified atom stereocenters. The number of rotatable bonds is 3. The summed E-state index contributed by atoms with van der Waals surface area (Å²) in [6.07, 6.45) is 2.43. The molecule has 21 heavy (non-hydrogen) atoms. The quantitative estimate of drug-likeness (QED) is 0.816. The number of morpholine rings is 1. The van der Waals surface area contributed by atoms with Crippen LogP contribution in [0.4, 0.5) is 10.1 Å².